The van der Waals surface area contributed by atoms with E-state index in [0.717, 1.165) is 24.3 Å². The zero-order valence-corrected chi connectivity index (χ0v) is 8.64. The molecule has 1 aliphatic heterocycles. The van der Waals surface area contributed by atoms with Crippen molar-refractivity contribution in [2.24, 2.45) is 0 Å². The average molecular weight is 211 g/mol. The predicted octanol–water partition coefficient (Wildman–Crippen LogP) is 0.511. The standard InChI is InChI=1S/C9H13N3OS/c13-9(8-2-1-3-11-8)12-5-7-4-10-6-14-7/h4,6,8,11H,1-3,5H2,(H,12,13). The summed E-state index contributed by atoms with van der Waals surface area (Å²) in [6.07, 6.45) is 3.83. The first kappa shape index (κ1) is 9.61. The number of nitrogens with one attached hydrogen (secondary N) is 2. The monoisotopic (exact) mass is 211 g/mol. The van der Waals surface area contributed by atoms with E-state index in [0.29, 0.717) is 6.54 Å². The van der Waals surface area contributed by atoms with Crippen molar-refractivity contribution < 1.29 is 4.79 Å². The largest absolute Gasteiger partial charge is 0.350 e. The van der Waals surface area contributed by atoms with Crippen LogP contribution in [-0.4, -0.2) is 23.5 Å². The highest BCUT2D eigenvalue weighted by Gasteiger charge is 2.21. The van der Waals surface area contributed by atoms with Gasteiger partial charge in [-0.15, -0.1) is 11.3 Å². The van der Waals surface area contributed by atoms with Crippen LogP contribution in [0.4, 0.5) is 0 Å². The Hall–Kier alpha value is -0.940. The summed E-state index contributed by atoms with van der Waals surface area (Å²) in [5.41, 5.74) is 1.77. The van der Waals surface area contributed by atoms with Gasteiger partial charge in [0.25, 0.3) is 0 Å². The average Bonchev–Trinajstić information content (AvgIpc) is 2.87. The fourth-order valence-electron chi connectivity index (χ4n) is 1.54. The van der Waals surface area contributed by atoms with Crippen LogP contribution in [0.3, 0.4) is 0 Å². The van der Waals surface area contributed by atoms with E-state index in [1.807, 2.05) is 0 Å². The third-order valence-electron chi connectivity index (χ3n) is 2.30. The van der Waals surface area contributed by atoms with Gasteiger partial charge < -0.3 is 10.6 Å². The number of amides is 1. The summed E-state index contributed by atoms with van der Waals surface area (Å²) < 4.78 is 0. The molecule has 0 bridgehead atoms. The molecule has 1 aliphatic rings. The molecule has 0 saturated carbocycles. The molecule has 0 aliphatic carbocycles. The Kier molecular flexibility index (Phi) is 3.10. The molecule has 2 N–H and O–H groups in total. The topological polar surface area (TPSA) is 54.0 Å². The zero-order chi connectivity index (χ0) is 9.80. The van der Waals surface area contributed by atoms with Crippen molar-refractivity contribution in [3.05, 3.63) is 16.6 Å². The number of hydrogen-bond donors (Lipinski definition) is 2. The molecule has 2 rings (SSSR count). The number of carbonyl (C=O) groups is 1. The van der Waals surface area contributed by atoms with Crippen LogP contribution in [0.1, 0.15) is 17.7 Å². The van der Waals surface area contributed by atoms with Gasteiger partial charge in [-0.25, -0.2) is 0 Å². The van der Waals surface area contributed by atoms with Crippen molar-refractivity contribution in [1.29, 1.82) is 0 Å². The third-order valence-corrected chi connectivity index (χ3v) is 3.08. The predicted molar refractivity (Wildman–Crippen MR) is 55.0 cm³/mol. The molecule has 0 radical (unpaired) electrons. The Bertz CT molecular complexity index is 293. The van der Waals surface area contributed by atoms with Gasteiger partial charge in [-0.1, -0.05) is 0 Å². The van der Waals surface area contributed by atoms with E-state index < -0.39 is 0 Å². The fourth-order valence-corrected chi connectivity index (χ4v) is 2.07. The molecular formula is C9H13N3OS. The third kappa shape index (κ3) is 2.30. The van der Waals surface area contributed by atoms with Crippen LogP contribution in [0, 0.1) is 0 Å². The maximum Gasteiger partial charge on any atom is 0.237 e. The van der Waals surface area contributed by atoms with Gasteiger partial charge in [0.15, 0.2) is 0 Å². The lowest BCUT2D eigenvalue weighted by Crippen LogP contribution is -2.39. The van der Waals surface area contributed by atoms with Crippen LogP contribution in [0.25, 0.3) is 0 Å². The number of rotatable bonds is 3. The summed E-state index contributed by atoms with van der Waals surface area (Å²) in [7, 11) is 0. The number of carbonyl (C=O) groups excluding carboxylic acids is 1. The van der Waals surface area contributed by atoms with E-state index in [1.165, 1.54) is 0 Å². The van der Waals surface area contributed by atoms with Gasteiger partial charge in [-0.2, -0.15) is 0 Å². The zero-order valence-electron chi connectivity index (χ0n) is 7.82. The summed E-state index contributed by atoms with van der Waals surface area (Å²) in [5.74, 6) is 0.107. The Morgan fingerprint density at radius 3 is 3.36 bits per heavy atom. The Labute approximate surface area is 86.7 Å². The van der Waals surface area contributed by atoms with E-state index in [2.05, 4.69) is 15.6 Å². The van der Waals surface area contributed by atoms with E-state index in [-0.39, 0.29) is 11.9 Å². The maximum absolute atomic E-state index is 11.6. The van der Waals surface area contributed by atoms with Crippen LogP contribution in [0.15, 0.2) is 11.7 Å². The van der Waals surface area contributed by atoms with Crippen molar-refractivity contribution in [3.63, 3.8) is 0 Å². The lowest BCUT2D eigenvalue weighted by atomic mass is 10.2. The SMILES string of the molecule is O=C(NCc1cncs1)C1CCCN1. The van der Waals surface area contributed by atoms with Gasteiger partial charge in [-0.3, -0.25) is 9.78 Å². The van der Waals surface area contributed by atoms with Crippen molar-refractivity contribution >= 4 is 17.2 Å². The van der Waals surface area contributed by atoms with E-state index in [9.17, 15) is 4.79 Å². The molecule has 0 aromatic carbocycles. The molecule has 1 atom stereocenters. The van der Waals surface area contributed by atoms with Gasteiger partial charge in [0, 0.05) is 11.1 Å². The Morgan fingerprint density at radius 2 is 2.71 bits per heavy atom. The molecule has 1 fully saturated rings. The molecule has 2 heterocycles. The first-order valence-corrected chi connectivity index (χ1v) is 5.62. The van der Waals surface area contributed by atoms with E-state index >= 15 is 0 Å². The van der Waals surface area contributed by atoms with Crippen LogP contribution in [0.5, 0.6) is 0 Å². The van der Waals surface area contributed by atoms with Crippen LogP contribution in [-0.2, 0) is 11.3 Å². The highest BCUT2D eigenvalue weighted by atomic mass is 32.1. The molecule has 5 heteroatoms. The van der Waals surface area contributed by atoms with Crippen LogP contribution >= 0.6 is 11.3 Å². The lowest BCUT2D eigenvalue weighted by Gasteiger charge is -2.09. The first-order valence-electron chi connectivity index (χ1n) is 4.75. The maximum atomic E-state index is 11.6. The Morgan fingerprint density at radius 1 is 1.79 bits per heavy atom. The second kappa shape index (κ2) is 4.52. The minimum Gasteiger partial charge on any atom is -0.350 e. The number of thiazole rings is 1. The van der Waals surface area contributed by atoms with Crippen molar-refractivity contribution in [2.75, 3.05) is 6.54 Å². The van der Waals surface area contributed by atoms with Gasteiger partial charge in [0.1, 0.15) is 0 Å². The van der Waals surface area contributed by atoms with E-state index in [4.69, 9.17) is 0 Å². The minimum atomic E-state index is 0.0166. The highest BCUT2D eigenvalue weighted by Crippen LogP contribution is 2.07. The molecule has 1 saturated heterocycles. The molecule has 1 aromatic rings. The summed E-state index contributed by atoms with van der Waals surface area (Å²) in [6.45, 7) is 1.56. The van der Waals surface area contributed by atoms with Gasteiger partial charge in [-0.05, 0) is 19.4 Å². The molecule has 4 nitrogen and oxygen atoms in total. The quantitative estimate of drug-likeness (QED) is 0.766. The molecular weight excluding hydrogens is 198 g/mol. The number of nitrogens with zero attached hydrogens (tertiary/aromatic N) is 1. The van der Waals surface area contributed by atoms with Crippen LogP contribution < -0.4 is 10.6 Å². The summed E-state index contributed by atoms with van der Waals surface area (Å²) in [5, 5.41) is 6.06. The smallest absolute Gasteiger partial charge is 0.237 e. The highest BCUT2D eigenvalue weighted by molar-refractivity contribution is 7.09. The fraction of sp³-hybridized carbons (Fsp3) is 0.556. The van der Waals surface area contributed by atoms with E-state index in [1.54, 1.807) is 23.0 Å². The summed E-state index contributed by atoms with van der Waals surface area (Å²) in [6, 6.07) is 0.0166. The van der Waals surface area contributed by atoms with Crippen molar-refractivity contribution in [1.82, 2.24) is 15.6 Å². The second-order valence-corrected chi connectivity index (χ2v) is 4.31. The normalized spacial score (nSPS) is 21.0. The lowest BCUT2D eigenvalue weighted by molar-refractivity contribution is -0.122. The van der Waals surface area contributed by atoms with Crippen LogP contribution in [0.2, 0.25) is 0 Å². The first-order chi connectivity index (χ1) is 6.86. The summed E-state index contributed by atoms with van der Waals surface area (Å²) >= 11 is 1.56. The molecule has 1 amide bonds. The molecule has 76 valence electrons. The summed E-state index contributed by atoms with van der Waals surface area (Å²) in [4.78, 5) is 16.6. The molecule has 1 aromatic heterocycles. The molecule has 14 heavy (non-hydrogen) atoms. The van der Waals surface area contributed by atoms with Crippen molar-refractivity contribution in [3.8, 4) is 0 Å². The van der Waals surface area contributed by atoms with Gasteiger partial charge in [0.2, 0.25) is 5.91 Å². The Balaban J connectivity index is 1.77. The van der Waals surface area contributed by atoms with Gasteiger partial charge >= 0.3 is 0 Å². The molecule has 1 unspecified atom stereocenters. The number of hydrogen-bond acceptors (Lipinski definition) is 4. The van der Waals surface area contributed by atoms with Gasteiger partial charge in [0.05, 0.1) is 18.1 Å². The second-order valence-electron chi connectivity index (χ2n) is 3.33. The number of aromatic nitrogens is 1. The minimum absolute atomic E-state index is 0.0166. The molecule has 0 spiro atoms. The van der Waals surface area contributed by atoms with Crippen molar-refractivity contribution in [2.45, 2.75) is 25.4 Å².